The van der Waals surface area contributed by atoms with Crippen LogP contribution in [0.25, 0.3) is 11.4 Å². The first-order valence-electron chi connectivity index (χ1n) is 10.4. The van der Waals surface area contributed by atoms with E-state index >= 15 is 0 Å². The van der Waals surface area contributed by atoms with Crippen LogP contribution in [0.2, 0.25) is 0 Å². The van der Waals surface area contributed by atoms with Gasteiger partial charge in [0.2, 0.25) is 0 Å². The maximum Gasteiger partial charge on any atom is 0.132 e. The Morgan fingerprint density at radius 3 is 1.47 bits per heavy atom. The van der Waals surface area contributed by atoms with Crippen LogP contribution in [0.5, 0.6) is 0 Å². The maximum atomic E-state index is 4.76. The van der Waals surface area contributed by atoms with E-state index in [9.17, 15) is 0 Å². The fraction of sp³-hybridized carbons (Fsp3) is 0.250. The highest BCUT2D eigenvalue weighted by Gasteiger charge is 2.58. The summed E-state index contributed by atoms with van der Waals surface area (Å²) in [5.74, 6) is 1.92. The molecule has 4 heterocycles. The summed E-state index contributed by atoms with van der Waals surface area (Å²) in [6.07, 6.45) is 14.1. The summed E-state index contributed by atoms with van der Waals surface area (Å²) in [6, 6.07) is 12.2. The molecule has 1 spiro atoms. The summed E-state index contributed by atoms with van der Waals surface area (Å²) in [6.45, 7) is 0. The first kappa shape index (κ1) is 17.3. The maximum absolute atomic E-state index is 4.76. The second kappa shape index (κ2) is 6.76. The van der Waals surface area contributed by atoms with Gasteiger partial charge in [0.05, 0.1) is 11.4 Å². The summed E-state index contributed by atoms with van der Waals surface area (Å²) in [7, 11) is 0. The molecule has 1 saturated carbocycles. The third-order valence-electron chi connectivity index (χ3n) is 6.61. The summed E-state index contributed by atoms with van der Waals surface area (Å²) in [4.78, 5) is 28.3. The fourth-order valence-corrected chi connectivity index (χ4v) is 5.62. The van der Waals surface area contributed by atoms with Crippen LogP contribution in [-0.2, 0) is 5.41 Å². The SMILES string of the molecule is c1cnc(C2CCCC(c3ncccn3)C23c2cccnc2-c2ncccc23)nc1. The molecular weight excluding hydrogens is 372 g/mol. The first-order chi connectivity index (χ1) is 14.9. The van der Waals surface area contributed by atoms with Crippen LogP contribution in [0.3, 0.4) is 0 Å². The normalized spacial score (nSPS) is 21.2. The van der Waals surface area contributed by atoms with Crippen molar-refractivity contribution >= 4 is 0 Å². The molecule has 0 N–H and O–H groups in total. The first-order valence-corrected chi connectivity index (χ1v) is 10.4. The minimum absolute atomic E-state index is 0.0923. The van der Waals surface area contributed by atoms with E-state index in [0.29, 0.717) is 0 Å². The van der Waals surface area contributed by atoms with Crippen molar-refractivity contribution in [1.29, 1.82) is 0 Å². The molecule has 0 amide bonds. The van der Waals surface area contributed by atoms with Gasteiger partial charge in [-0.3, -0.25) is 9.97 Å². The summed E-state index contributed by atoms with van der Waals surface area (Å²) >= 11 is 0. The van der Waals surface area contributed by atoms with E-state index in [2.05, 4.69) is 12.1 Å². The zero-order valence-corrected chi connectivity index (χ0v) is 16.4. The molecule has 0 aliphatic heterocycles. The Kier molecular flexibility index (Phi) is 3.91. The van der Waals surface area contributed by atoms with Gasteiger partial charge in [-0.05, 0) is 48.2 Å². The van der Waals surface area contributed by atoms with E-state index in [-0.39, 0.29) is 11.8 Å². The van der Waals surface area contributed by atoms with Gasteiger partial charge in [-0.15, -0.1) is 0 Å². The fourth-order valence-electron chi connectivity index (χ4n) is 5.62. The molecular formula is C24H20N6. The Balaban J connectivity index is 1.71. The van der Waals surface area contributed by atoms with Gasteiger partial charge in [-0.1, -0.05) is 18.6 Å². The second-order valence-electron chi connectivity index (χ2n) is 7.92. The summed E-state index contributed by atoms with van der Waals surface area (Å²) < 4.78 is 0. The van der Waals surface area contributed by atoms with Crippen LogP contribution < -0.4 is 0 Å². The third kappa shape index (κ3) is 2.30. The van der Waals surface area contributed by atoms with Crippen molar-refractivity contribution in [2.45, 2.75) is 36.5 Å². The van der Waals surface area contributed by atoms with E-state index in [4.69, 9.17) is 29.9 Å². The number of nitrogens with zero attached hydrogens (tertiary/aromatic N) is 6. The predicted molar refractivity (Wildman–Crippen MR) is 112 cm³/mol. The Hall–Kier alpha value is -3.54. The van der Waals surface area contributed by atoms with Gasteiger partial charge >= 0.3 is 0 Å². The second-order valence-corrected chi connectivity index (χ2v) is 7.92. The van der Waals surface area contributed by atoms with Crippen LogP contribution in [0.4, 0.5) is 0 Å². The van der Waals surface area contributed by atoms with Crippen molar-refractivity contribution in [3.63, 3.8) is 0 Å². The van der Waals surface area contributed by atoms with Gasteiger partial charge in [0.25, 0.3) is 0 Å². The molecule has 2 aliphatic rings. The number of rotatable bonds is 2. The van der Waals surface area contributed by atoms with Gasteiger partial charge in [-0.2, -0.15) is 0 Å². The lowest BCUT2D eigenvalue weighted by Crippen LogP contribution is -2.43. The molecule has 0 saturated heterocycles. The van der Waals surface area contributed by atoms with Crippen LogP contribution in [0.15, 0.2) is 73.6 Å². The lowest BCUT2D eigenvalue weighted by Gasteiger charge is -2.47. The molecule has 2 aliphatic carbocycles. The molecule has 0 bridgehead atoms. The van der Waals surface area contributed by atoms with Gasteiger partial charge < -0.3 is 0 Å². The minimum Gasteiger partial charge on any atom is -0.254 e. The smallest absolute Gasteiger partial charge is 0.132 e. The van der Waals surface area contributed by atoms with Gasteiger partial charge in [-0.25, -0.2) is 19.9 Å². The van der Waals surface area contributed by atoms with Crippen LogP contribution in [0.1, 0.15) is 53.9 Å². The molecule has 4 aromatic rings. The Labute approximate surface area is 174 Å². The molecule has 30 heavy (non-hydrogen) atoms. The van der Waals surface area contributed by atoms with Crippen molar-refractivity contribution in [3.05, 3.63) is 96.4 Å². The topological polar surface area (TPSA) is 77.3 Å². The molecule has 4 aromatic heterocycles. The largest absolute Gasteiger partial charge is 0.254 e. The average Bonchev–Trinajstić information content (AvgIpc) is 3.12. The molecule has 6 heteroatoms. The molecule has 6 nitrogen and oxygen atoms in total. The zero-order valence-electron chi connectivity index (χ0n) is 16.4. The Morgan fingerprint density at radius 2 is 1.00 bits per heavy atom. The highest BCUT2D eigenvalue weighted by molar-refractivity contribution is 5.77. The molecule has 2 unspecified atom stereocenters. The van der Waals surface area contributed by atoms with Crippen molar-refractivity contribution in [2.75, 3.05) is 0 Å². The van der Waals surface area contributed by atoms with Gasteiger partial charge in [0.15, 0.2) is 0 Å². The number of hydrogen-bond acceptors (Lipinski definition) is 6. The average molecular weight is 392 g/mol. The Morgan fingerprint density at radius 1 is 0.567 bits per heavy atom. The van der Waals surface area contributed by atoms with E-state index in [1.807, 2.05) is 61.4 Å². The number of pyridine rings is 2. The number of fused-ring (bicyclic) bond motifs is 5. The molecule has 6 rings (SSSR count). The highest BCUT2D eigenvalue weighted by atomic mass is 14.9. The Bertz CT molecular complexity index is 1100. The van der Waals surface area contributed by atoms with Crippen LogP contribution >= 0.6 is 0 Å². The monoisotopic (exact) mass is 392 g/mol. The number of hydrogen-bond donors (Lipinski definition) is 0. The summed E-state index contributed by atoms with van der Waals surface area (Å²) in [5, 5.41) is 0. The van der Waals surface area contributed by atoms with Crippen LogP contribution in [-0.4, -0.2) is 29.9 Å². The van der Waals surface area contributed by atoms with Crippen molar-refractivity contribution < 1.29 is 0 Å². The lowest BCUT2D eigenvalue weighted by atomic mass is 9.55. The minimum atomic E-state index is -0.395. The molecule has 0 aromatic carbocycles. The molecule has 1 fully saturated rings. The molecule has 2 atom stereocenters. The zero-order chi connectivity index (χ0) is 20.0. The third-order valence-corrected chi connectivity index (χ3v) is 6.61. The van der Waals surface area contributed by atoms with Crippen molar-refractivity contribution in [3.8, 4) is 11.4 Å². The standard InChI is InChI=1S/C24H20N6/c1-6-18(22-27-12-4-13-28-22)24(19(7-1)23-29-14-5-15-30-23)16-8-2-10-25-20(16)21-17(24)9-3-11-26-21/h2-5,8-15,18-19H,1,6-7H2. The lowest BCUT2D eigenvalue weighted by molar-refractivity contribution is 0.240. The van der Waals surface area contributed by atoms with Crippen molar-refractivity contribution in [1.82, 2.24) is 29.9 Å². The van der Waals surface area contributed by atoms with Gasteiger partial charge in [0.1, 0.15) is 11.6 Å². The number of aromatic nitrogens is 6. The highest BCUT2D eigenvalue weighted by Crippen LogP contribution is 2.64. The van der Waals surface area contributed by atoms with Crippen molar-refractivity contribution in [2.24, 2.45) is 0 Å². The van der Waals surface area contributed by atoms with E-state index in [0.717, 1.165) is 42.3 Å². The van der Waals surface area contributed by atoms with E-state index in [1.54, 1.807) is 0 Å². The van der Waals surface area contributed by atoms with Gasteiger partial charge in [0, 0.05) is 54.4 Å². The van der Waals surface area contributed by atoms with E-state index < -0.39 is 5.41 Å². The summed E-state index contributed by atoms with van der Waals surface area (Å²) in [5.41, 5.74) is 3.89. The van der Waals surface area contributed by atoms with Crippen LogP contribution in [0, 0.1) is 0 Å². The van der Waals surface area contributed by atoms with E-state index in [1.165, 1.54) is 11.1 Å². The predicted octanol–water partition coefficient (Wildman–Crippen LogP) is 4.07. The molecule has 146 valence electrons. The quantitative estimate of drug-likeness (QED) is 0.512. The molecule has 0 radical (unpaired) electrons.